The third-order valence-corrected chi connectivity index (χ3v) is 4.44. The van der Waals surface area contributed by atoms with E-state index >= 15 is 0 Å². The maximum atomic E-state index is 13.0. The molecule has 26 heavy (non-hydrogen) atoms. The molecule has 9 heteroatoms. The van der Waals surface area contributed by atoms with Crippen molar-refractivity contribution in [3.8, 4) is 0 Å². The Labute approximate surface area is 144 Å². The SMILES string of the molecule is CCn1c(=O)c2ncn3c2n(c1=O)CC=C3c1cccc(C(F)(F)F)c1. The lowest BCUT2D eigenvalue weighted by atomic mass is 10.1. The van der Waals surface area contributed by atoms with Crippen LogP contribution in [0.4, 0.5) is 13.2 Å². The van der Waals surface area contributed by atoms with Crippen molar-refractivity contribution in [1.82, 2.24) is 18.7 Å². The van der Waals surface area contributed by atoms with Gasteiger partial charge in [-0.05, 0) is 30.7 Å². The molecule has 4 rings (SSSR count). The van der Waals surface area contributed by atoms with Crippen molar-refractivity contribution >= 4 is 16.9 Å². The van der Waals surface area contributed by atoms with Gasteiger partial charge in [-0.3, -0.25) is 18.5 Å². The molecule has 0 N–H and O–H groups in total. The van der Waals surface area contributed by atoms with Gasteiger partial charge in [0.15, 0.2) is 11.2 Å². The van der Waals surface area contributed by atoms with Crippen LogP contribution < -0.4 is 11.2 Å². The number of benzene rings is 1. The van der Waals surface area contributed by atoms with E-state index in [1.807, 2.05) is 0 Å². The Morgan fingerprint density at radius 3 is 2.69 bits per heavy atom. The Morgan fingerprint density at radius 2 is 2.00 bits per heavy atom. The fourth-order valence-corrected chi connectivity index (χ4v) is 3.21. The lowest BCUT2D eigenvalue weighted by Gasteiger charge is -2.20. The van der Waals surface area contributed by atoms with Crippen LogP contribution in [0.2, 0.25) is 0 Å². The van der Waals surface area contributed by atoms with Gasteiger partial charge in [0.25, 0.3) is 5.56 Å². The molecule has 3 aromatic rings. The van der Waals surface area contributed by atoms with Crippen molar-refractivity contribution < 1.29 is 13.2 Å². The molecule has 0 radical (unpaired) electrons. The van der Waals surface area contributed by atoms with Crippen molar-refractivity contribution in [2.24, 2.45) is 0 Å². The summed E-state index contributed by atoms with van der Waals surface area (Å²) in [7, 11) is 0. The molecule has 3 heterocycles. The van der Waals surface area contributed by atoms with Crippen LogP contribution in [-0.4, -0.2) is 18.7 Å². The number of rotatable bonds is 2. The summed E-state index contributed by atoms with van der Waals surface area (Å²) in [4.78, 5) is 29.0. The third kappa shape index (κ3) is 2.23. The van der Waals surface area contributed by atoms with E-state index < -0.39 is 23.0 Å². The molecule has 1 aliphatic heterocycles. The van der Waals surface area contributed by atoms with Gasteiger partial charge in [-0.1, -0.05) is 12.1 Å². The maximum Gasteiger partial charge on any atom is 0.416 e. The molecule has 0 spiro atoms. The van der Waals surface area contributed by atoms with Gasteiger partial charge in [-0.15, -0.1) is 0 Å². The van der Waals surface area contributed by atoms with E-state index in [0.717, 1.165) is 16.7 Å². The molecule has 0 saturated heterocycles. The fourth-order valence-electron chi connectivity index (χ4n) is 3.21. The second-order valence-electron chi connectivity index (χ2n) is 5.90. The predicted molar refractivity (Wildman–Crippen MR) is 88.7 cm³/mol. The van der Waals surface area contributed by atoms with Gasteiger partial charge >= 0.3 is 11.9 Å². The molecule has 0 saturated carbocycles. The molecule has 134 valence electrons. The summed E-state index contributed by atoms with van der Waals surface area (Å²) in [6, 6.07) is 4.91. The van der Waals surface area contributed by atoms with Gasteiger partial charge in [-0.25, -0.2) is 9.78 Å². The highest BCUT2D eigenvalue weighted by Crippen LogP contribution is 2.32. The number of alkyl halides is 3. The largest absolute Gasteiger partial charge is 0.416 e. The summed E-state index contributed by atoms with van der Waals surface area (Å²) in [6.07, 6.45) is -1.46. The van der Waals surface area contributed by atoms with Crippen molar-refractivity contribution in [1.29, 1.82) is 0 Å². The summed E-state index contributed by atoms with van der Waals surface area (Å²) in [6.45, 7) is 2.04. The zero-order valence-electron chi connectivity index (χ0n) is 13.6. The molecule has 2 aromatic heterocycles. The minimum Gasteiger partial charge on any atom is -0.284 e. The van der Waals surface area contributed by atoms with Crippen molar-refractivity contribution in [2.45, 2.75) is 26.2 Å². The molecule has 6 nitrogen and oxygen atoms in total. The summed E-state index contributed by atoms with van der Waals surface area (Å²) in [5.41, 5.74) is -0.553. The van der Waals surface area contributed by atoms with Gasteiger partial charge in [0.1, 0.15) is 6.33 Å². The summed E-state index contributed by atoms with van der Waals surface area (Å²) >= 11 is 0. The van der Waals surface area contributed by atoms with Crippen LogP contribution >= 0.6 is 0 Å². The fraction of sp³-hybridized carbons (Fsp3) is 0.235. The Bertz CT molecular complexity index is 1180. The molecule has 1 aliphatic rings. The lowest BCUT2D eigenvalue weighted by molar-refractivity contribution is -0.137. The van der Waals surface area contributed by atoms with Gasteiger partial charge < -0.3 is 0 Å². The molecule has 0 fully saturated rings. The highest BCUT2D eigenvalue weighted by Gasteiger charge is 2.31. The molecule has 1 aromatic carbocycles. The van der Waals surface area contributed by atoms with E-state index in [1.54, 1.807) is 19.1 Å². The number of hydrogen-bond donors (Lipinski definition) is 0. The normalized spacial score (nSPS) is 13.9. The van der Waals surface area contributed by atoms with Gasteiger partial charge in [0.05, 0.1) is 11.3 Å². The number of imidazole rings is 1. The highest BCUT2D eigenvalue weighted by atomic mass is 19.4. The minimum absolute atomic E-state index is 0.115. The van der Waals surface area contributed by atoms with Crippen molar-refractivity contribution in [2.75, 3.05) is 0 Å². The van der Waals surface area contributed by atoms with Crippen LogP contribution in [0.1, 0.15) is 18.1 Å². The van der Waals surface area contributed by atoms with Gasteiger partial charge in [-0.2, -0.15) is 13.2 Å². The molecule has 0 unspecified atom stereocenters. The number of hydrogen-bond acceptors (Lipinski definition) is 3. The van der Waals surface area contributed by atoms with E-state index in [1.165, 1.54) is 21.5 Å². The van der Waals surface area contributed by atoms with E-state index in [-0.39, 0.29) is 18.6 Å². The Morgan fingerprint density at radius 1 is 1.23 bits per heavy atom. The topological polar surface area (TPSA) is 61.8 Å². The molecule has 0 atom stereocenters. The Kier molecular flexibility index (Phi) is 3.43. The first-order valence-electron chi connectivity index (χ1n) is 7.91. The van der Waals surface area contributed by atoms with E-state index in [0.29, 0.717) is 16.9 Å². The highest BCUT2D eigenvalue weighted by molar-refractivity contribution is 5.80. The quantitative estimate of drug-likeness (QED) is 0.703. The van der Waals surface area contributed by atoms with Crippen molar-refractivity contribution in [3.05, 3.63) is 68.6 Å². The molecule has 0 aliphatic carbocycles. The van der Waals surface area contributed by atoms with Crippen LogP contribution in [0.25, 0.3) is 16.9 Å². The number of halogens is 3. The Hall–Kier alpha value is -3.10. The van der Waals surface area contributed by atoms with Gasteiger partial charge in [0.2, 0.25) is 0 Å². The van der Waals surface area contributed by atoms with Gasteiger partial charge in [0, 0.05) is 13.1 Å². The third-order valence-electron chi connectivity index (χ3n) is 4.44. The summed E-state index contributed by atoms with van der Waals surface area (Å²) < 4.78 is 43.0. The summed E-state index contributed by atoms with van der Waals surface area (Å²) in [5.74, 6) is 0. The average molecular weight is 362 g/mol. The zero-order chi connectivity index (χ0) is 18.6. The molecule has 0 amide bonds. The first-order valence-corrected chi connectivity index (χ1v) is 7.91. The molecule has 0 bridgehead atoms. The molecular formula is C17H13F3N4O2. The second-order valence-corrected chi connectivity index (χ2v) is 5.90. The number of aromatic nitrogens is 4. The van der Waals surface area contributed by atoms with E-state index in [4.69, 9.17) is 0 Å². The zero-order valence-corrected chi connectivity index (χ0v) is 13.6. The van der Waals surface area contributed by atoms with Crippen LogP contribution in [0, 0.1) is 0 Å². The first-order chi connectivity index (χ1) is 12.3. The van der Waals surface area contributed by atoms with Crippen LogP contribution in [0.15, 0.2) is 46.3 Å². The summed E-state index contributed by atoms with van der Waals surface area (Å²) in [5, 5.41) is 0. The predicted octanol–water partition coefficient (Wildman–Crippen LogP) is 2.30. The minimum atomic E-state index is -4.46. The first kappa shape index (κ1) is 16.4. The lowest BCUT2D eigenvalue weighted by Crippen LogP contribution is -2.40. The van der Waals surface area contributed by atoms with Crippen molar-refractivity contribution in [3.63, 3.8) is 0 Å². The Balaban J connectivity index is 1.95. The van der Waals surface area contributed by atoms with E-state index in [9.17, 15) is 22.8 Å². The average Bonchev–Trinajstić information content (AvgIpc) is 3.05. The van der Waals surface area contributed by atoms with Crippen LogP contribution in [0.5, 0.6) is 0 Å². The standard InChI is InChI=1S/C17H13F3N4O2/c1-2-22-15(25)13-14-23(16(22)26)7-6-12(24(14)9-21-13)10-4-3-5-11(8-10)17(18,19)20/h3-6,8-9H,2,7H2,1H3. The monoisotopic (exact) mass is 362 g/mol. The number of nitrogens with zero attached hydrogens (tertiary/aromatic N) is 4. The van der Waals surface area contributed by atoms with E-state index in [2.05, 4.69) is 4.98 Å². The van der Waals surface area contributed by atoms with Crippen LogP contribution in [0.3, 0.4) is 0 Å². The van der Waals surface area contributed by atoms with Crippen LogP contribution in [-0.2, 0) is 19.3 Å². The maximum absolute atomic E-state index is 13.0. The smallest absolute Gasteiger partial charge is 0.284 e. The second kappa shape index (κ2) is 5.45. The molecular weight excluding hydrogens is 349 g/mol. The number of allylic oxidation sites excluding steroid dienone is 1.